The van der Waals surface area contributed by atoms with E-state index < -0.39 is 5.97 Å². The molecule has 0 aliphatic carbocycles. The number of pyridine rings is 1. The number of aliphatic hydroxyl groups is 1. The number of aromatic carboxylic acids is 1. The maximum absolute atomic E-state index is 11.5. The number of rotatable bonds is 6. The van der Waals surface area contributed by atoms with E-state index in [4.69, 9.17) is 9.47 Å². The summed E-state index contributed by atoms with van der Waals surface area (Å²) in [5, 5.41) is 23.7. The van der Waals surface area contributed by atoms with Gasteiger partial charge in [0, 0.05) is 17.1 Å². The molecule has 3 aromatic rings. The van der Waals surface area contributed by atoms with Crippen LogP contribution in [-0.2, 0) is 0 Å². The zero-order valence-electron chi connectivity index (χ0n) is 15.3. The number of hydrogen-bond donors (Lipinski definition) is 3. The van der Waals surface area contributed by atoms with Crippen molar-refractivity contribution in [3.05, 3.63) is 48.2 Å². The monoisotopic (exact) mass is 380 g/mol. The highest BCUT2D eigenvalue weighted by molar-refractivity contribution is 6.05. The van der Waals surface area contributed by atoms with Crippen molar-refractivity contribution in [2.75, 3.05) is 18.7 Å². The van der Waals surface area contributed by atoms with Gasteiger partial charge in [-0.25, -0.2) is 9.78 Å². The standard InChI is InChI=1S/C21H20N2O5/c1-2-14(10-24)23-20-16-7-13(21(25)26)3-5-15(16)17(9-22-20)12-4-6-18-19(8-12)28-11-27-18/h3-9,14,24H,2,10-11H2,1H3,(H,22,23)(H,25,26). The van der Waals surface area contributed by atoms with E-state index in [1.165, 1.54) is 0 Å². The second-order valence-corrected chi connectivity index (χ2v) is 6.59. The van der Waals surface area contributed by atoms with Crippen LogP contribution in [0.2, 0.25) is 0 Å². The summed E-state index contributed by atoms with van der Waals surface area (Å²) in [6, 6.07) is 10.5. The van der Waals surface area contributed by atoms with Crippen LogP contribution in [0.3, 0.4) is 0 Å². The molecule has 1 aromatic heterocycles. The average molecular weight is 380 g/mol. The molecule has 0 bridgehead atoms. The van der Waals surface area contributed by atoms with Gasteiger partial charge in [-0.3, -0.25) is 0 Å². The van der Waals surface area contributed by atoms with Gasteiger partial charge in [0.25, 0.3) is 0 Å². The molecule has 0 spiro atoms. The minimum absolute atomic E-state index is 0.0395. The summed E-state index contributed by atoms with van der Waals surface area (Å²) < 4.78 is 10.8. The van der Waals surface area contributed by atoms with E-state index in [1.807, 2.05) is 25.1 Å². The van der Waals surface area contributed by atoms with E-state index in [0.717, 1.165) is 16.5 Å². The van der Waals surface area contributed by atoms with E-state index in [1.54, 1.807) is 24.4 Å². The smallest absolute Gasteiger partial charge is 0.335 e. The number of carbonyl (C=O) groups is 1. The van der Waals surface area contributed by atoms with E-state index in [-0.39, 0.29) is 25.0 Å². The summed E-state index contributed by atoms with van der Waals surface area (Å²) >= 11 is 0. The molecule has 0 saturated heterocycles. The van der Waals surface area contributed by atoms with E-state index in [0.29, 0.717) is 29.1 Å². The Hall–Kier alpha value is -3.32. The first-order chi connectivity index (χ1) is 13.6. The maximum Gasteiger partial charge on any atom is 0.335 e. The van der Waals surface area contributed by atoms with Crippen LogP contribution < -0.4 is 14.8 Å². The van der Waals surface area contributed by atoms with E-state index in [9.17, 15) is 15.0 Å². The molecule has 1 unspecified atom stereocenters. The van der Waals surface area contributed by atoms with Crippen molar-refractivity contribution in [3.8, 4) is 22.6 Å². The number of carboxylic acids is 1. The van der Waals surface area contributed by atoms with Crippen molar-refractivity contribution in [1.29, 1.82) is 0 Å². The number of anilines is 1. The molecule has 1 aliphatic heterocycles. The molecular formula is C21H20N2O5. The van der Waals surface area contributed by atoms with Crippen molar-refractivity contribution in [3.63, 3.8) is 0 Å². The van der Waals surface area contributed by atoms with Gasteiger partial charge in [0.15, 0.2) is 11.5 Å². The van der Waals surface area contributed by atoms with Crippen molar-refractivity contribution in [1.82, 2.24) is 4.98 Å². The van der Waals surface area contributed by atoms with Gasteiger partial charge in [-0.05, 0) is 41.6 Å². The van der Waals surface area contributed by atoms with Crippen molar-refractivity contribution < 1.29 is 24.5 Å². The number of hydrogen-bond acceptors (Lipinski definition) is 6. The Morgan fingerprint density at radius 1 is 1.18 bits per heavy atom. The average Bonchev–Trinajstić information content (AvgIpc) is 3.19. The fraction of sp³-hybridized carbons (Fsp3) is 0.238. The number of carboxylic acid groups (broad SMARTS) is 1. The van der Waals surface area contributed by atoms with E-state index in [2.05, 4.69) is 10.3 Å². The number of nitrogens with one attached hydrogen (secondary N) is 1. The van der Waals surface area contributed by atoms with Crippen LogP contribution in [0.1, 0.15) is 23.7 Å². The summed E-state index contributed by atoms with van der Waals surface area (Å²) in [7, 11) is 0. The Kier molecular flexibility index (Phi) is 4.75. The van der Waals surface area contributed by atoms with Crippen LogP contribution in [0, 0.1) is 0 Å². The summed E-state index contributed by atoms with van der Waals surface area (Å²) in [5.41, 5.74) is 1.93. The minimum atomic E-state index is -1.00. The lowest BCUT2D eigenvalue weighted by molar-refractivity contribution is 0.0697. The lowest BCUT2D eigenvalue weighted by Gasteiger charge is -2.18. The first-order valence-electron chi connectivity index (χ1n) is 9.04. The van der Waals surface area contributed by atoms with Crippen LogP contribution in [-0.4, -0.2) is 40.6 Å². The Balaban J connectivity index is 1.87. The second-order valence-electron chi connectivity index (χ2n) is 6.59. The molecule has 1 atom stereocenters. The van der Waals surface area contributed by atoms with Gasteiger partial charge < -0.3 is 25.0 Å². The maximum atomic E-state index is 11.5. The van der Waals surface area contributed by atoms with E-state index >= 15 is 0 Å². The SMILES string of the molecule is CCC(CO)Nc1ncc(-c2ccc3c(c2)OCO3)c2ccc(C(=O)O)cc12. The first-order valence-corrected chi connectivity index (χ1v) is 9.04. The summed E-state index contributed by atoms with van der Waals surface area (Å²) in [4.78, 5) is 16.0. The molecule has 1 aliphatic rings. The molecule has 4 rings (SSSR count). The van der Waals surface area contributed by atoms with Crippen LogP contribution in [0.15, 0.2) is 42.6 Å². The first kappa shape index (κ1) is 18.1. The molecule has 0 amide bonds. The van der Waals surface area contributed by atoms with Crippen molar-refractivity contribution >= 4 is 22.6 Å². The molecule has 144 valence electrons. The molecule has 2 heterocycles. The highest BCUT2D eigenvalue weighted by Crippen LogP contribution is 2.39. The largest absolute Gasteiger partial charge is 0.478 e. The summed E-state index contributed by atoms with van der Waals surface area (Å²) in [6.45, 7) is 2.12. The van der Waals surface area contributed by atoms with Crippen LogP contribution >= 0.6 is 0 Å². The Labute approximate surface area is 161 Å². The Bertz CT molecular complexity index is 1050. The number of nitrogens with zero attached hydrogens (tertiary/aromatic N) is 1. The normalized spacial score (nSPS) is 13.5. The minimum Gasteiger partial charge on any atom is -0.478 e. The quantitative estimate of drug-likeness (QED) is 0.601. The number of ether oxygens (including phenoxy) is 2. The topological polar surface area (TPSA) is 101 Å². The van der Waals surface area contributed by atoms with Gasteiger partial charge in [-0.15, -0.1) is 0 Å². The van der Waals surface area contributed by atoms with Gasteiger partial charge in [0.05, 0.1) is 18.2 Å². The molecule has 0 saturated carbocycles. The summed E-state index contributed by atoms with van der Waals surface area (Å²) in [6.07, 6.45) is 2.45. The third-order valence-electron chi connectivity index (χ3n) is 4.87. The molecule has 2 aromatic carbocycles. The second kappa shape index (κ2) is 7.36. The molecule has 28 heavy (non-hydrogen) atoms. The predicted octanol–water partition coefficient (Wildman–Crippen LogP) is 3.51. The fourth-order valence-electron chi connectivity index (χ4n) is 3.26. The lowest BCUT2D eigenvalue weighted by atomic mass is 9.98. The van der Waals surface area contributed by atoms with Gasteiger partial charge in [-0.1, -0.05) is 19.1 Å². The molecule has 7 nitrogen and oxygen atoms in total. The Morgan fingerprint density at radius 3 is 2.75 bits per heavy atom. The number of aromatic nitrogens is 1. The van der Waals surface area contributed by atoms with Gasteiger partial charge in [0.2, 0.25) is 6.79 Å². The van der Waals surface area contributed by atoms with Gasteiger partial charge in [0.1, 0.15) is 5.82 Å². The van der Waals surface area contributed by atoms with Crippen LogP contribution in [0.25, 0.3) is 21.9 Å². The number of benzene rings is 2. The van der Waals surface area contributed by atoms with Crippen molar-refractivity contribution in [2.45, 2.75) is 19.4 Å². The molecule has 7 heteroatoms. The molecule has 0 fully saturated rings. The summed E-state index contributed by atoms with van der Waals surface area (Å²) in [5.74, 6) is 0.904. The van der Waals surface area contributed by atoms with Gasteiger partial charge in [-0.2, -0.15) is 0 Å². The van der Waals surface area contributed by atoms with Gasteiger partial charge >= 0.3 is 5.97 Å². The predicted molar refractivity (Wildman–Crippen MR) is 105 cm³/mol. The highest BCUT2D eigenvalue weighted by Gasteiger charge is 2.18. The van der Waals surface area contributed by atoms with Crippen LogP contribution in [0.4, 0.5) is 5.82 Å². The number of fused-ring (bicyclic) bond motifs is 2. The molecule has 3 N–H and O–H groups in total. The fourth-order valence-corrected chi connectivity index (χ4v) is 3.26. The van der Waals surface area contributed by atoms with Crippen LogP contribution in [0.5, 0.6) is 11.5 Å². The number of aliphatic hydroxyl groups excluding tert-OH is 1. The third-order valence-corrected chi connectivity index (χ3v) is 4.87. The van der Waals surface area contributed by atoms with Crippen molar-refractivity contribution in [2.24, 2.45) is 0 Å². The molecule has 0 radical (unpaired) electrons. The lowest BCUT2D eigenvalue weighted by Crippen LogP contribution is -2.23. The zero-order chi connectivity index (χ0) is 19.7. The molecular weight excluding hydrogens is 360 g/mol. The third kappa shape index (κ3) is 3.20. The highest BCUT2D eigenvalue weighted by atomic mass is 16.7. The zero-order valence-corrected chi connectivity index (χ0v) is 15.3. The Morgan fingerprint density at radius 2 is 2.00 bits per heavy atom.